The number of methoxy groups -OCH3 is 3. The molecule has 0 aliphatic heterocycles. The molecule has 0 N–H and O–H groups in total. The molecule has 0 amide bonds. The summed E-state index contributed by atoms with van der Waals surface area (Å²) >= 11 is 1.99. The monoisotopic (exact) mass is 520 g/mol. The fourth-order valence-electron chi connectivity index (χ4n) is 2.89. The average molecular weight is 520 g/mol. The van der Waals surface area contributed by atoms with Crippen molar-refractivity contribution in [2.45, 2.75) is 0 Å². The van der Waals surface area contributed by atoms with E-state index in [1.165, 1.54) is 26.0 Å². The Kier molecular flexibility index (Phi) is 6.50. The van der Waals surface area contributed by atoms with Gasteiger partial charge in [0.1, 0.15) is 11.3 Å². The molecule has 0 unspecified atom stereocenters. The number of ether oxygens (including phenoxy) is 3. The fraction of sp³-hybridized carbons (Fsp3) is 0.143. The van der Waals surface area contributed by atoms with Crippen LogP contribution in [-0.4, -0.2) is 49.0 Å². The maximum Gasteiger partial charge on any atom is 0.357 e. The van der Waals surface area contributed by atoms with Crippen LogP contribution in [0.3, 0.4) is 0 Å². The number of carbonyl (C=O) groups is 3. The number of hydrogen-bond acceptors (Lipinski definition) is 7. The number of halogens is 1. The summed E-state index contributed by atoms with van der Waals surface area (Å²) in [4.78, 5) is 37.1. The van der Waals surface area contributed by atoms with Gasteiger partial charge in [0, 0.05) is 9.13 Å². The molecule has 0 radical (unpaired) electrons. The summed E-state index contributed by atoms with van der Waals surface area (Å²) in [6, 6.07) is 13.7. The predicted molar refractivity (Wildman–Crippen MR) is 116 cm³/mol. The van der Waals surface area contributed by atoms with Crippen molar-refractivity contribution in [3.8, 4) is 16.9 Å². The number of nitrogens with zero attached hydrogens (tertiary/aromatic N) is 2. The standard InChI is InChI=1S/C21H17IN2O6/c1-28-19(25)14-10-9-12(11-15(14)22)17-16(20(26)29-2)18(21(27)30-3)24(23-17)13-7-5-4-6-8-13/h4-11H,1-3H3. The van der Waals surface area contributed by atoms with Crippen molar-refractivity contribution in [1.82, 2.24) is 9.78 Å². The largest absolute Gasteiger partial charge is 0.465 e. The minimum Gasteiger partial charge on any atom is -0.465 e. The van der Waals surface area contributed by atoms with Gasteiger partial charge in [-0.3, -0.25) is 0 Å². The van der Waals surface area contributed by atoms with Crippen LogP contribution in [0.2, 0.25) is 0 Å². The zero-order valence-electron chi connectivity index (χ0n) is 16.3. The summed E-state index contributed by atoms with van der Waals surface area (Å²) in [6.07, 6.45) is 0. The highest BCUT2D eigenvalue weighted by molar-refractivity contribution is 14.1. The number of carbonyl (C=O) groups excluding carboxylic acids is 3. The molecular formula is C21H17IN2O6. The predicted octanol–water partition coefficient (Wildman–Crippen LogP) is 3.50. The summed E-state index contributed by atoms with van der Waals surface area (Å²) in [5.74, 6) is -1.96. The number of hydrogen-bond donors (Lipinski definition) is 0. The van der Waals surface area contributed by atoms with Gasteiger partial charge in [-0.15, -0.1) is 0 Å². The lowest BCUT2D eigenvalue weighted by molar-refractivity contribution is 0.0549. The molecule has 0 saturated carbocycles. The van der Waals surface area contributed by atoms with Crippen molar-refractivity contribution in [2.75, 3.05) is 21.3 Å². The third kappa shape index (κ3) is 3.92. The molecule has 8 nitrogen and oxygen atoms in total. The molecule has 3 aromatic rings. The molecule has 0 fully saturated rings. The Morgan fingerprint density at radius 1 is 0.867 bits per heavy atom. The summed E-state index contributed by atoms with van der Waals surface area (Å²) in [6.45, 7) is 0. The minimum absolute atomic E-state index is 0.0326. The zero-order valence-corrected chi connectivity index (χ0v) is 18.5. The summed E-state index contributed by atoms with van der Waals surface area (Å²) in [5.41, 5.74) is 1.59. The number of rotatable bonds is 5. The van der Waals surface area contributed by atoms with Crippen LogP contribution in [0.25, 0.3) is 16.9 Å². The first-order chi connectivity index (χ1) is 14.4. The topological polar surface area (TPSA) is 96.7 Å². The van der Waals surface area contributed by atoms with Gasteiger partial charge in [-0.25, -0.2) is 19.1 Å². The number of para-hydroxylation sites is 1. The molecule has 3 rings (SSSR count). The highest BCUT2D eigenvalue weighted by Crippen LogP contribution is 2.31. The lowest BCUT2D eigenvalue weighted by Crippen LogP contribution is -2.15. The Bertz CT molecular complexity index is 1120. The second-order valence-electron chi connectivity index (χ2n) is 5.99. The second-order valence-corrected chi connectivity index (χ2v) is 7.15. The van der Waals surface area contributed by atoms with Gasteiger partial charge in [-0.2, -0.15) is 5.10 Å². The van der Waals surface area contributed by atoms with Crippen molar-refractivity contribution >= 4 is 40.5 Å². The average Bonchev–Trinajstić information content (AvgIpc) is 3.18. The SMILES string of the molecule is COC(=O)c1ccc(-c2nn(-c3ccccc3)c(C(=O)OC)c2C(=O)OC)cc1I. The van der Waals surface area contributed by atoms with Crippen LogP contribution in [0, 0.1) is 3.57 Å². The van der Waals surface area contributed by atoms with Gasteiger partial charge < -0.3 is 14.2 Å². The van der Waals surface area contributed by atoms with Crippen LogP contribution in [0.1, 0.15) is 31.2 Å². The fourth-order valence-corrected chi connectivity index (χ4v) is 3.63. The maximum absolute atomic E-state index is 12.6. The number of benzene rings is 2. The normalized spacial score (nSPS) is 10.4. The first kappa shape index (κ1) is 21.5. The van der Waals surface area contributed by atoms with E-state index in [4.69, 9.17) is 14.2 Å². The van der Waals surface area contributed by atoms with Crippen LogP contribution in [0.4, 0.5) is 0 Å². The van der Waals surface area contributed by atoms with Crippen LogP contribution >= 0.6 is 22.6 Å². The molecule has 0 atom stereocenters. The van der Waals surface area contributed by atoms with Crippen molar-refractivity contribution in [3.05, 3.63) is 68.9 Å². The molecule has 1 heterocycles. The van der Waals surface area contributed by atoms with E-state index >= 15 is 0 Å². The molecule has 0 saturated heterocycles. The van der Waals surface area contributed by atoms with E-state index in [0.29, 0.717) is 20.4 Å². The molecule has 154 valence electrons. The molecule has 1 aromatic heterocycles. The van der Waals surface area contributed by atoms with Gasteiger partial charge in [0.25, 0.3) is 0 Å². The maximum atomic E-state index is 12.6. The molecular weight excluding hydrogens is 503 g/mol. The summed E-state index contributed by atoms with van der Waals surface area (Å²) < 4.78 is 16.5. The van der Waals surface area contributed by atoms with E-state index < -0.39 is 17.9 Å². The van der Waals surface area contributed by atoms with E-state index in [1.54, 1.807) is 42.5 Å². The van der Waals surface area contributed by atoms with Crippen LogP contribution in [-0.2, 0) is 14.2 Å². The van der Waals surface area contributed by atoms with E-state index in [0.717, 1.165) is 0 Å². The third-order valence-electron chi connectivity index (χ3n) is 4.30. The molecule has 0 aliphatic carbocycles. The highest BCUT2D eigenvalue weighted by Gasteiger charge is 2.31. The Morgan fingerprint density at radius 2 is 1.50 bits per heavy atom. The summed E-state index contributed by atoms with van der Waals surface area (Å²) in [7, 11) is 3.74. The first-order valence-corrected chi connectivity index (χ1v) is 9.74. The third-order valence-corrected chi connectivity index (χ3v) is 5.19. The lowest BCUT2D eigenvalue weighted by Gasteiger charge is -2.07. The Hall–Kier alpha value is -3.21. The van der Waals surface area contributed by atoms with Crippen molar-refractivity contribution < 1.29 is 28.6 Å². The van der Waals surface area contributed by atoms with Gasteiger partial charge in [-0.05, 0) is 46.9 Å². The molecule has 0 aliphatic rings. The molecule has 9 heteroatoms. The van der Waals surface area contributed by atoms with E-state index in [1.807, 2.05) is 28.7 Å². The van der Waals surface area contributed by atoms with Gasteiger partial charge in [0.15, 0.2) is 5.69 Å². The highest BCUT2D eigenvalue weighted by atomic mass is 127. The second kappa shape index (κ2) is 9.08. The van der Waals surface area contributed by atoms with Gasteiger partial charge in [0.2, 0.25) is 0 Å². The van der Waals surface area contributed by atoms with Crippen LogP contribution < -0.4 is 0 Å². The van der Waals surface area contributed by atoms with Crippen molar-refractivity contribution in [2.24, 2.45) is 0 Å². The number of esters is 3. The zero-order chi connectivity index (χ0) is 21.8. The lowest BCUT2D eigenvalue weighted by atomic mass is 10.0. The summed E-state index contributed by atoms with van der Waals surface area (Å²) in [5, 5.41) is 4.52. The van der Waals surface area contributed by atoms with E-state index in [2.05, 4.69) is 5.10 Å². The molecule has 0 spiro atoms. The minimum atomic E-state index is -0.737. The van der Waals surface area contributed by atoms with E-state index in [-0.39, 0.29) is 17.0 Å². The molecule has 0 bridgehead atoms. The quantitative estimate of drug-likeness (QED) is 0.289. The van der Waals surface area contributed by atoms with Crippen LogP contribution in [0.15, 0.2) is 48.5 Å². The van der Waals surface area contributed by atoms with Crippen molar-refractivity contribution in [1.29, 1.82) is 0 Å². The Morgan fingerprint density at radius 3 is 2.07 bits per heavy atom. The van der Waals surface area contributed by atoms with Crippen LogP contribution in [0.5, 0.6) is 0 Å². The Balaban J connectivity index is 2.30. The molecule has 30 heavy (non-hydrogen) atoms. The van der Waals surface area contributed by atoms with Gasteiger partial charge in [-0.1, -0.05) is 24.3 Å². The smallest absolute Gasteiger partial charge is 0.357 e. The first-order valence-electron chi connectivity index (χ1n) is 8.66. The number of aromatic nitrogens is 2. The van der Waals surface area contributed by atoms with Crippen molar-refractivity contribution in [3.63, 3.8) is 0 Å². The Labute approximate surface area is 185 Å². The van der Waals surface area contributed by atoms with Gasteiger partial charge >= 0.3 is 17.9 Å². The van der Waals surface area contributed by atoms with E-state index in [9.17, 15) is 14.4 Å². The molecule has 2 aromatic carbocycles. The van der Waals surface area contributed by atoms with Gasteiger partial charge in [0.05, 0.1) is 32.6 Å².